The van der Waals surface area contributed by atoms with Crippen LogP contribution in [0.4, 0.5) is 4.39 Å². The first kappa shape index (κ1) is 12.0. The zero-order chi connectivity index (χ0) is 13.2. The largest absolute Gasteiger partial charge is 0.334 e. The summed E-state index contributed by atoms with van der Waals surface area (Å²) >= 11 is 5.79. The quantitative estimate of drug-likeness (QED) is 0.843. The van der Waals surface area contributed by atoms with Crippen molar-refractivity contribution in [1.82, 2.24) is 10.1 Å². The lowest BCUT2D eigenvalue weighted by molar-refractivity contribution is 0.416. The molecule has 1 aromatic carbocycles. The number of hydrogen-bond acceptors (Lipinski definition) is 4. The van der Waals surface area contributed by atoms with E-state index in [9.17, 15) is 4.39 Å². The SMILES string of the molecule is Fc1cc(Cl)cc(-c2nc(C3CC=CC=N3)no2)c1. The van der Waals surface area contributed by atoms with Crippen molar-refractivity contribution in [2.75, 3.05) is 0 Å². The molecule has 19 heavy (non-hydrogen) atoms. The third-order valence-electron chi connectivity index (χ3n) is 2.70. The van der Waals surface area contributed by atoms with Crippen molar-refractivity contribution in [3.63, 3.8) is 0 Å². The van der Waals surface area contributed by atoms with Crippen molar-refractivity contribution < 1.29 is 8.91 Å². The summed E-state index contributed by atoms with van der Waals surface area (Å²) in [5.74, 6) is 0.276. The maximum atomic E-state index is 13.3. The van der Waals surface area contributed by atoms with Crippen LogP contribution in [0.5, 0.6) is 0 Å². The van der Waals surface area contributed by atoms with Gasteiger partial charge in [0.05, 0.1) is 0 Å². The zero-order valence-electron chi connectivity index (χ0n) is 9.75. The Morgan fingerprint density at radius 2 is 2.21 bits per heavy atom. The van der Waals surface area contributed by atoms with E-state index in [4.69, 9.17) is 16.1 Å². The minimum Gasteiger partial charge on any atom is -0.334 e. The molecular formula is C13H9ClFN3O. The smallest absolute Gasteiger partial charge is 0.258 e. The third-order valence-corrected chi connectivity index (χ3v) is 2.92. The van der Waals surface area contributed by atoms with Gasteiger partial charge < -0.3 is 4.52 Å². The Kier molecular flexibility index (Phi) is 3.13. The van der Waals surface area contributed by atoms with E-state index in [1.165, 1.54) is 12.1 Å². The Bertz CT molecular complexity index is 645. The molecule has 1 aliphatic heterocycles. The Labute approximate surface area is 113 Å². The monoisotopic (exact) mass is 277 g/mol. The van der Waals surface area contributed by atoms with Crippen LogP contribution in [-0.4, -0.2) is 16.4 Å². The maximum Gasteiger partial charge on any atom is 0.258 e. The first-order chi connectivity index (χ1) is 9.22. The standard InChI is InChI=1S/C13H9ClFN3O/c14-9-5-8(6-10(15)7-9)13-17-12(18-19-13)11-3-1-2-4-16-11/h1-2,4-7,11H,3H2. The highest BCUT2D eigenvalue weighted by molar-refractivity contribution is 6.30. The first-order valence-electron chi connectivity index (χ1n) is 5.71. The summed E-state index contributed by atoms with van der Waals surface area (Å²) in [5.41, 5.74) is 0.457. The van der Waals surface area contributed by atoms with E-state index in [1.807, 2.05) is 12.2 Å². The molecule has 96 valence electrons. The van der Waals surface area contributed by atoms with E-state index < -0.39 is 5.82 Å². The maximum absolute atomic E-state index is 13.3. The Balaban J connectivity index is 1.92. The van der Waals surface area contributed by atoms with Crippen molar-refractivity contribution in [2.45, 2.75) is 12.5 Å². The molecule has 0 saturated heterocycles. The molecule has 1 aromatic heterocycles. The molecular weight excluding hydrogens is 269 g/mol. The van der Waals surface area contributed by atoms with Gasteiger partial charge in [0.15, 0.2) is 5.82 Å². The molecule has 2 aromatic rings. The molecule has 2 heterocycles. The van der Waals surface area contributed by atoms with E-state index in [-0.39, 0.29) is 17.0 Å². The predicted molar refractivity (Wildman–Crippen MR) is 69.7 cm³/mol. The summed E-state index contributed by atoms with van der Waals surface area (Å²) in [4.78, 5) is 8.48. The fourth-order valence-electron chi connectivity index (χ4n) is 1.82. The molecule has 1 unspecified atom stereocenters. The van der Waals surface area contributed by atoms with E-state index in [1.54, 1.807) is 12.3 Å². The number of halogens is 2. The number of allylic oxidation sites excluding steroid dienone is 1. The number of hydrogen-bond donors (Lipinski definition) is 0. The summed E-state index contributed by atoms with van der Waals surface area (Å²) in [6.45, 7) is 0. The lowest BCUT2D eigenvalue weighted by Crippen LogP contribution is -1.99. The van der Waals surface area contributed by atoms with Gasteiger partial charge in [0, 0.05) is 16.8 Å². The lowest BCUT2D eigenvalue weighted by Gasteiger charge is -2.06. The minimum absolute atomic E-state index is 0.147. The zero-order valence-corrected chi connectivity index (χ0v) is 10.5. The Hall–Kier alpha value is -2.01. The molecule has 1 aliphatic rings. The molecule has 4 nitrogen and oxygen atoms in total. The molecule has 0 bridgehead atoms. The van der Waals surface area contributed by atoms with Crippen molar-refractivity contribution in [3.05, 3.63) is 47.0 Å². The molecule has 0 N–H and O–H groups in total. The summed E-state index contributed by atoms with van der Waals surface area (Å²) < 4.78 is 18.4. The van der Waals surface area contributed by atoms with Gasteiger partial charge in [-0.25, -0.2) is 4.39 Å². The number of aliphatic imine (C=N–C) groups is 1. The number of aromatic nitrogens is 2. The van der Waals surface area contributed by atoms with Gasteiger partial charge in [-0.3, -0.25) is 4.99 Å². The molecule has 0 amide bonds. The topological polar surface area (TPSA) is 51.3 Å². The summed E-state index contributed by atoms with van der Waals surface area (Å²) in [7, 11) is 0. The normalized spacial score (nSPS) is 17.9. The van der Waals surface area contributed by atoms with E-state index >= 15 is 0 Å². The summed E-state index contributed by atoms with van der Waals surface area (Å²) in [5, 5.41) is 4.16. The van der Waals surface area contributed by atoms with E-state index in [0.717, 1.165) is 6.42 Å². The highest BCUT2D eigenvalue weighted by Gasteiger charge is 2.18. The van der Waals surface area contributed by atoms with Crippen molar-refractivity contribution in [1.29, 1.82) is 0 Å². The fraction of sp³-hybridized carbons (Fsp3) is 0.154. The third kappa shape index (κ3) is 2.56. The van der Waals surface area contributed by atoms with Crippen LogP contribution in [-0.2, 0) is 0 Å². The lowest BCUT2D eigenvalue weighted by atomic mass is 10.1. The Morgan fingerprint density at radius 1 is 1.32 bits per heavy atom. The van der Waals surface area contributed by atoms with Crippen LogP contribution in [0.2, 0.25) is 5.02 Å². The molecule has 0 radical (unpaired) electrons. The average Bonchev–Trinajstić information content (AvgIpc) is 2.88. The van der Waals surface area contributed by atoms with Gasteiger partial charge in [-0.15, -0.1) is 0 Å². The molecule has 6 heteroatoms. The second-order valence-electron chi connectivity index (χ2n) is 4.09. The molecule has 3 rings (SSSR count). The van der Waals surface area contributed by atoms with Crippen molar-refractivity contribution >= 4 is 17.8 Å². The van der Waals surface area contributed by atoms with Crippen LogP contribution in [0.15, 0.2) is 39.9 Å². The van der Waals surface area contributed by atoms with Gasteiger partial charge in [0.1, 0.15) is 11.9 Å². The minimum atomic E-state index is -0.444. The molecule has 1 atom stereocenters. The van der Waals surface area contributed by atoms with Crippen LogP contribution in [0.1, 0.15) is 18.3 Å². The molecule has 0 fully saturated rings. The van der Waals surface area contributed by atoms with Crippen molar-refractivity contribution in [3.8, 4) is 11.5 Å². The molecule has 0 aliphatic carbocycles. The highest BCUT2D eigenvalue weighted by atomic mass is 35.5. The fourth-order valence-corrected chi connectivity index (χ4v) is 2.04. The van der Waals surface area contributed by atoms with E-state index in [2.05, 4.69) is 15.1 Å². The number of nitrogens with zero attached hydrogens (tertiary/aromatic N) is 3. The van der Waals surface area contributed by atoms with E-state index in [0.29, 0.717) is 11.4 Å². The predicted octanol–water partition coefficient (Wildman–Crippen LogP) is 3.60. The highest BCUT2D eigenvalue weighted by Crippen LogP contribution is 2.26. The van der Waals surface area contributed by atoms with Crippen LogP contribution in [0.25, 0.3) is 11.5 Å². The summed E-state index contributed by atoms with van der Waals surface area (Å²) in [6.07, 6.45) is 6.26. The average molecular weight is 278 g/mol. The molecule has 0 spiro atoms. The number of rotatable bonds is 2. The van der Waals surface area contributed by atoms with Gasteiger partial charge in [-0.1, -0.05) is 22.8 Å². The van der Waals surface area contributed by atoms with Gasteiger partial charge in [-0.2, -0.15) is 4.98 Å². The van der Waals surface area contributed by atoms with Gasteiger partial charge >= 0.3 is 0 Å². The second kappa shape index (κ2) is 4.93. The van der Waals surface area contributed by atoms with Crippen molar-refractivity contribution in [2.24, 2.45) is 4.99 Å². The molecule has 0 saturated carbocycles. The van der Waals surface area contributed by atoms with Crippen LogP contribution >= 0.6 is 11.6 Å². The summed E-state index contributed by atoms with van der Waals surface area (Å²) in [6, 6.07) is 3.95. The first-order valence-corrected chi connectivity index (χ1v) is 6.08. The van der Waals surface area contributed by atoms with Gasteiger partial charge in [-0.05, 0) is 30.7 Å². The van der Waals surface area contributed by atoms with Crippen LogP contribution < -0.4 is 0 Å². The number of dihydropyridines is 1. The van der Waals surface area contributed by atoms with Crippen LogP contribution in [0, 0.1) is 5.82 Å². The Morgan fingerprint density at radius 3 is 2.95 bits per heavy atom. The van der Waals surface area contributed by atoms with Gasteiger partial charge in [0.25, 0.3) is 5.89 Å². The number of benzene rings is 1. The van der Waals surface area contributed by atoms with Gasteiger partial charge in [0.2, 0.25) is 0 Å². The second-order valence-corrected chi connectivity index (χ2v) is 4.53. The van der Waals surface area contributed by atoms with Crippen LogP contribution in [0.3, 0.4) is 0 Å².